The van der Waals surface area contributed by atoms with E-state index in [1.165, 1.54) is 51.4 Å². The van der Waals surface area contributed by atoms with Gasteiger partial charge in [-0.05, 0) is 37.3 Å². The van der Waals surface area contributed by atoms with Crippen molar-refractivity contribution in [3.8, 4) is 0 Å². The second-order valence-electron chi connectivity index (χ2n) is 7.29. The SMILES string of the molecule is C[C@@H](C(=O)OCC(=O)Nc1cc(S(=O)(=O)N(C)C)ccc1Cl)N1C(=O)c2ccccc2C1=O. The molecule has 0 aromatic heterocycles. The van der Waals surface area contributed by atoms with E-state index >= 15 is 0 Å². The highest BCUT2D eigenvalue weighted by atomic mass is 35.5. The number of hydrogen-bond donors (Lipinski definition) is 1. The van der Waals surface area contributed by atoms with E-state index in [2.05, 4.69) is 5.32 Å². The molecule has 10 nitrogen and oxygen atoms in total. The van der Waals surface area contributed by atoms with Gasteiger partial charge in [-0.1, -0.05) is 23.7 Å². The lowest BCUT2D eigenvalue weighted by Crippen LogP contribution is -2.44. The number of nitrogens with zero attached hydrogens (tertiary/aromatic N) is 2. The van der Waals surface area contributed by atoms with Crippen LogP contribution in [-0.2, 0) is 24.3 Å². The maximum atomic E-state index is 12.5. The Hall–Kier alpha value is -3.28. The van der Waals surface area contributed by atoms with E-state index in [9.17, 15) is 27.6 Å². The lowest BCUT2D eigenvalue weighted by atomic mass is 10.1. The van der Waals surface area contributed by atoms with Crippen LogP contribution >= 0.6 is 11.6 Å². The number of rotatable bonds is 7. The zero-order valence-electron chi connectivity index (χ0n) is 17.9. The van der Waals surface area contributed by atoms with Crippen LogP contribution in [0.1, 0.15) is 27.6 Å². The smallest absolute Gasteiger partial charge is 0.329 e. The summed E-state index contributed by atoms with van der Waals surface area (Å²) < 4.78 is 30.5. The van der Waals surface area contributed by atoms with Gasteiger partial charge in [0.1, 0.15) is 6.04 Å². The molecule has 0 aliphatic carbocycles. The van der Waals surface area contributed by atoms with E-state index in [-0.39, 0.29) is 26.7 Å². The Morgan fingerprint density at radius 2 is 1.67 bits per heavy atom. The molecule has 0 unspecified atom stereocenters. The number of sulfonamides is 1. The fourth-order valence-corrected chi connectivity index (χ4v) is 4.17. The minimum Gasteiger partial charge on any atom is -0.454 e. The van der Waals surface area contributed by atoms with Crippen LogP contribution in [0.2, 0.25) is 5.02 Å². The van der Waals surface area contributed by atoms with Gasteiger partial charge in [-0.15, -0.1) is 0 Å². The fraction of sp³-hybridized carbons (Fsp3) is 0.238. The third-order valence-electron chi connectivity index (χ3n) is 4.89. The van der Waals surface area contributed by atoms with Gasteiger partial charge in [0.05, 0.1) is 26.7 Å². The molecular weight excluding hydrogens is 474 g/mol. The number of benzene rings is 2. The predicted molar refractivity (Wildman–Crippen MR) is 118 cm³/mol. The van der Waals surface area contributed by atoms with Gasteiger partial charge in [-0.3, -0.25) is 19.3 Å². The van der Waals surface area contributed by atoms with Crippen molar-refractivity contribution in [2.75, 3.05) is 26.0 Å². The maximum absolute atomic E-state index is 12.5. The largest absolute Gasteiger partial charge is 0.454 e. The van der Waals surface area contributed by atoms with E-state index in [1.807, 2.05) is 0 Å². The van der Waals surface area contributed by atoms with Crippen molar-refractivity contribution in [2.45, 2.75) is 17.9 Å². The first-order valence-electron chi connectivity index (χ1n) is 9.60. The van der Waals surface area contributed by atoms with E-state index in [4.69, 9.17) is 16.3 Å². The third kappa shape index (κ3) is 4.75. The quantitative estimate of drug-likeness (QED) is 0.459. The standard InChI is InChI=1S/C21H20ClN3O7S/c1-12(25-19(27)14-6-4-5-7-15(14)20(25)28)21(29)32-11-18(26)23-17-10-13(8-9-16(17)22)33(30,31)24(2)3/h4-10,12H,11H2,1-3H3,(H,23,26)/t12-/m0/s1. The van der Waals surface area contributed by atoms with Gasteiger partial charge < -0.3 is 10.1 Å². The van der Waals surface area contributed by atoms with Crippen LogP contribution in [0.3, 0.4) is 0 Å². The van der Waals surface area contributed by atoms with Crippen LogP contribution in [0.4, 0.5) is 5.69 Å². The first-order valence-corrected chi connectivity index (χ1v) is 11.4. The molecule has 3 rings (SSSR count). The highest BCUT2D eigenvalue weighted by Crippen LogP contribution is 2.27. The van der Waals surface area contributed by atoms with Crippen molar-refractivity contribution in [1.29, 1.82) is 0 Å². The van der Waals surface area contributed by atoms with Gasteiger partial charge in [0.25, 0.3) is 17.7 Å². The Bertz CT molecular complexity index is 1230. The van der Waals surface area contributed by atoms with Gasteiger partial charge in [0.15, 0.2) is 6.61 Å². The molecular formula is C21H20ClN3O7S. The minimum absolute atomic E-state index is 0.00837. The second-order valence-corrected chi connectivity index (χ2v) is 9.85. The number of halogens is 1. The van der Waals surface area contributed by atoms with Crippen molar-refractivity contribution >= 4 is 51.0 Å². The molecule has 33 heavy (non-hydrogen) atoms. The molecule has 0 radical (unpaired) electrons. The summed E-state index contributed by atoms with van der Waals surface area (Å²) in [6, 6.07) is 8.68. The minimum atomic E-state index is -3.76. The van der Waals surface area contributed by atoms with Crippen LogP contribution in [-0.4, -0.2) is 68.1 Å². The van der Waals surface area contributed by atoms with Crippen molar-refractivity contribution in [3.63, 3.8) is 0 Å². The lowest BCUT2D eigenvalue weighted by molar-refractivity contribution is -0.150. The van der Waals surface area contributed by atoms with Crippen LogP contribution in [0.5, 0.6) is 0 Å². The Labute approximate surface area is 195 Å². The van der Waals surface area contributed by atoms with Crippen LogP contribution < -0.4 is 5.32 Å². The molecule has 1 atom stereocenters. The summed E-state index contributed by atoms with van der Waals surface area (Å²) in [6.07, 6.45) is 0. The maximum Gasteiger partial charge on any atom is 0.329 e. The van der Waals surface area contributed by atoms with Crippen molar-refractivity contribution in [3.05, 3.63) is 58.6 Å². The Balaban J connectivity index is 1.64. The topological polar surface area (TPSA) is 130 Å². The molecule has 2 aromatic rings. The molecule has 0 saturated heterocycles. The number of hydrogen-bond acceptors (Lipinski definition) is 7. The predicted octanol–water partition coefficient (Wildman–Crippen LogP) is 1.76. The summed E-state index contributed by atoms with van der Waals surface area (Å²) >= 11 is 6.03. The van der Waals surface area contributed by atoms with Crippen molar-refractivity contribution < 1.29 is 32.3 Å². The molecule has 3 amide bonds. The summed E-state index contributed by atoms with van der Waals surface area (Å²) in [6.45, 7) is 0.571. The summed E-state index contributed by atoms with van der Waals surface area (Å²) in [5.41, 5.74) is 0.373. The van der Waals surface area contributed by atoms with Crippen molar-refractivity contribution in [1.82, 2.24) is 9.21 Å². The van der Waals surface area contributed by atoms with Gasteiger partial charge in [0.2, 0.25) is 10.0 Å². The van der Waals surface area contributed by atoms with Crippen LogP contribution in [0.15, 0.2) is 47.4 Å². The Morgan fingerprint density at radius 3 is 2.21 bits per heavy atom. The van der Waals surface area contributed by atoms with E-state index in [0.29, 0.717) is 0 Å². The fourth-order valence-electron chi connectivity index (χ4n) is 3.08. The lowest BCUT2D eigenvalue weighted by Gasteiger charge is -2.20. The van der Waals surface area contributed by atoms with Crippen LogP contribution in [0.25, 0.3) is 0 Å². The Kier molecular flexibility index (Phi) is 6.86. The normalized spacial score (nSPS) is 14.3. The molecule has 0 bridgehead atoms. The van der Waals surface area contributed by atoms with E-state index < -0.39 is 46.4 Å². The zero-order valence-corrected chi connectivity index (χ0v) is 19.4. The van der Waals surface area contributed by atoms with E-state index in [1.54, 1.807) is 12.1 Å². The molecule has 0 saturated carbocycles. The van der Waals surface area contributed by atoms with Gasteiger partial charge >= 0.3 is 5.97 Å². The molecule has 0 spiro atoms. The molecule has 2 aromatic carbocycles. The summed E-state index contributed by atoms with van der Waals surface area (Å²) in [5.74, 6) is -3.01. The molecule has 0 fully saturated rings. The molecule has 1 aliphatic heterocycles. The third-order valence-corrected chi connectivity index (χ3v) is 7.03. The summed E-state index contributed by atoms with van der Waals surface area (Å²) in [4.78, 5) is 50.3. The van der Waals surface area contributed by atoms with Gasteiger partial charge in [-0.2, -0.15) is 0 Å². The van der Waals surface area contributed by atoms with Gasteiger partial charge in [0, 0.05) is 14.1 Å². The molecule has 12 heteroatoms. The monoisotopic (exact) mass is 493 g/mol. The number of amides is 3. The molecule has 1 aliphatic rings. The summed E-state index contributed by atoms with van der Waals surface area (Å²) in [5, 5.41) is 2.45. The number of fused-ring (bicyclic) bond motifs is 1. The van der Waals surface area contributed by atoms with E-state index in [0.717, 1.165) is 9.21 Å². The molecule has 1 N–H and O–H groups in total. The molecule has 1 heterocycles. The number of imide groups is 1. The highest BCUT2D eigenvalue weighted by Gasteiger charge is 2.41. The van der Waals surface area contributed by atoms with Crippen LogP contribution in [0, 0.1) is 0 Å². The van der Waals surface area contributed by atoms with Crippen molar-refractivity contribution in [2.24, 2.45) is 0 Å². The average Bonchev–Trinajstić information content (AvgIpc) is 3.03. The number of anilines is 1. The molecule has 174 valence electrons. The number of ether oxygens (including phenoxy) is 1. The Morgan fingerprint density at radius 1 is 1.09 bits per heavy atom. The average molecular weight is 494 g/mol. The van der Waals surface area contributed by atoms with Gasteiger partial charge in [-0.25, -0.2) is 17.5 Å². The number of carbonyl (C=O) groups excluding carboxylic acids is 4. The number of nitrogens with one attached hydrogen (secondary N) is 1. The number of esters is 1. The zero-order chi connectivity index (χ0) is 24.5. The number of carbonyl (C=O) groups is 4. The first kappa shape index (κ1) is 24.4. The summed E-state index contributed by atoms with van der Waals surface area (Å²) in [7, 11) is -1.05. The first-order chi connectivity index (χ1) is 15.4. The highest BCUT2D eigenvalue weighted by molar-refractivity contribution is 7.89. The second kappa shape index (κ2) is 9.30.